The normalized spacial score (nSPS) is 14.8. The van der Waals surface area contributed by atoms with Crippen LogP contribution in [0.15, 0.2) is 12.1 Å². The molecule has 0 spiro atoms. The maximum absolute atomic E-state index is 13.4. The number of ether oxygens (including phenoxy) is 1. The summed E-state index contributed by atoms with van der Waals surface area (Å²) in [7, 11) is 0. The summed E-state index contributed by atoms with van der Waals surface area (Å²) in [6.07, 6.45) is 3.27. The van der Waals surface area contributed by atoms with E-state index in [9.17, 15) is 8.78 Å². The number of nitrogen functional groups attached to an aromatic ring is 1. The topological polar surface area (TPSA) is 47.3 Å². The molecule has 0 aliphatic heterocycles. The second kappa shape index (κ2) is 6.00. The van der Waals surface area contributed by atoms with Crippen molar-refractivity contribution in [2.24, 2.45) is 5.92 Å². The third-order valence-electron chi connectivity index (χ3n) is 2.94. The number of hydrogen-bond donors (Lipinski definition) is 2. The van der Waals surface area contributed by atoms with Gasteiger partial charge in [0.15, 0.2) is 11.6 Å². The Morgan fingerprint density at radius 1 is 1.33 bits per heavy atom. The summed E-state index contributed by atoms with van der Waals surface area (Å²) in [6.45, 7) is 1.95. The van der Waals surface area contributed by atoms with Gasteiger partial charge in [0, 0.05) is 19.8 Å². The third kappa shape index (κ3) is 3.57. The van der Waals surface area contributed by atoms with Crippen molar-refractivity contribution < 1.29 is 13.5 Å². The molecule has 0 amide bonds. The molecule has 1 saturated carbocycles. The minimum atomic E-state index is -0.922. The van der Waals surface area contributed by atoms with Gasteiger partial charge in [-0.2, -0.15) is 0 Å². The van der Waals surface area contributed by atoms with Crippen molar-refractivity contribution in [1.29, 1.82) is 0 Å². The molecule has 1 aromatic rings. The highest BCUT2D eigenvalue weighted by atomic mass is 19.2. The molecule has 18 heavy (non-hydrogen) atoms. The van der Waals surface area contributed by atoms with Gasteiger partial charge in [0.2, 0.25) is 0 Å². The Balaban J connectivity index is 1.70. The van der Waals surface area contributed by atoms with Crippen LogP contribution in [-0.4, -0.2) is 19.8 Å². The zero-order chi connectivity index (χ0) is 13.0. The van der Waals surface area contributed by atoms with Crippen molar-refractivity contribution in [3.05, 3.63) is 23.8 Å². The van der Waals surface area contributed by atoms with E-state index in [-0.39, 0.29) is 11.4 Å². The van der Waals surface area contributed by atoms with Crippen LogP contribution in [0.5, 0.6) is 0 Å². The molecule has 1 aliphatic carbocycles. The lowest BCUT2D eigenvalue weighted by molar-refractivity contribution is 0.124. The minimum absolute atomic E-state index is 0.0391. The molecule has 0 bridgehead atoms. The fourth-order valence-corrected chi connectivity index (χ4v) is 1.67. The van der Waals surface area contributed by atoms with Crippen LogP contribution in [0.3, 0.4) is 0 Å². The molecule has 3 N–H and O–H groups in total. The maximum Gasteiger partial charge on any atom is 0.183 e. The number of nitrogens with two attached hydrogens (primary N) is 1. The van der Waals surface area contributed by atoms with Gasteiger partial charge < -0.3 is 15.8 Å². The Labute approximate surface area is 105 Å². The zero-order valence-corrected chi connectivity index (χ0v) is 10.2. The van der Waals surface area contributed by atoms with Crippen molar-refractivity contribution in [3.8, 4) is 0 Å². The average Bonchev–Trinajstić information content (AvgIpc) is 3.16. The van der Waals surface area contributed by atoms with Gasteiger partial charge in [-0.1, -0.05) is 0 Å². The van der Waals surface area contributed by atoms with E-state index in [0.717, 1.165) is 25.0 Å². The first-order valence-electron chi connectivity index (χ1n) is 6.23. The van der Waals surface area contributed by atoms with Gasteiger partial charge in [0.05, 0.1) is 11.4 Å². The molecule has 2 rings (SSSR count). The van der Waals surface area contributed by atoms with Gasteiger partial charge in [0.1, 0.15) is 0 Å². The van der Waals surface area contributed by atoms with E-state index in [1.165, 1.54) is 18.9 Å². The first-order valence-corrected chi connectivity index (χ1v) is 6.23. The molecule has 0 heterocycles. The van der Waals surface area contributed by atoms with E-state index in [4.69, 9.17) is 10.5 Å². The first-order chi connectivity index (χ1) is 8.68. The van der Waals surface area contributed by atoms with Crippen molar-refractivity contribution in [2.45, 2.75) is 19.3 Å². The van der Waals surface area contributed by atoms with Gasteiger partial charge in [-0.3, -0.25) is 0 Å². The molecule has 5 heteroatoms. The van der Waals surface area contributed by atoms with Crippen molar-refractivity contribution >= 4 is 11.4 Å². The fourth-order valence-electron chi connectivity index (χ4n) is 1.67. The molecule has 100 valence electrons. The van der Waals surface area contributed by atoms with Crippen LogP contribution in [0, 0.1) is 17.6 Å². The number of halogens is 2. The molecule has 0 saturated heterocycles. The van der Waals surface area contributed by atoms with Gasteiger partial charge in [-0.15, -0.1) is 0 Å². The van der Waals surface area contributed by atoms with E-state index in [0.29, 0.717) is 13.2 Å². The zero-order valence-electron chi connectivity index (χ0n) is 10.2. The second-order valence-electron chi connectivity index (χ2n) is 4.62. The van der Waals surface area contributed by atoms with E-state index < -0.39 is 11.6 Å². The highest BCUT2D eigenvalue weighted by Gasteiger charge is 2.20. The lowest BCUT2D eigenvalue weighted by atomic mass is 10.2. The molecule has 1 aromatic carbocycles. The van der Waals surface area contributed by atoms with Gasteiger partial charge in [0.25, 0.3) is 0 Å². The second-order valence-corrected chi connectivity index (χ2v) is 4.62. The van der Waals surface area contributed by atoms with E-state index in [1.54, 1.807) is 0 Å². The van der Waals surface area contributed by atoms with Gasteiger partial charge >= 0.3 is 0 Å². The lowest BCUT2D eigenvalue weighted by Gasteiger charge is -2.10. The minimum Gasteiger partial charge on any atom is -0.397 e. The van der Waals surface area contributed by atoms with E-state index >= 15 is 0 Å². The molecule has 3 nitrogen and oxygen atoms in total. The Bertz CT molecular complexity index is 408. The Morgan fingerprint density at radius 2 is 2.11 bits per heavy atom. The number of hydrogen-bond acceptors (Lipinski definition) is 3. The molecule has 0 unspecified atom stereocenters. The standard InChI is InChI=1S/C13H18F2N2O/c14-10-4-5-11(16)13(12(10)15)17-6-1-7-18-8-9-2-3-9/h4-5,9,17H,1-3,6-8,16H2. The first kappa shape index (κ1) is 13.1. The number of rotatable bonds is 7. The maximum atomic E-state index is 13.4. The molecule has 0 radical (unpaired) electrons. The molecule has 0 aromatic heterocycles. The van der Waals surface area contributed by atoms with Crippen molar-refractivity contribution in [3.63, 3.8) is 0 Å². The Morgan fingerprint density at radius 3 is 2.83 bits per heavy atom. The highest BCUT2D eigenvalue weighted by Crippen LogP contribution is 2.28. The van der Waals surface area contributed by atoms with Crippen molar-refractivity contribution in [1.82, 2.24) is 0 Å². The smallest absolute Gasteiger partial charge is 0.183 e. The van der Waals surface area contributed by atoms with Crippen LogP contribution in [-0.2, 0) is 4.74 Å². The molecule has 1 fully saturated rings. The van der Waals surface area contributed by atoms with Crippen LogP contribution >= 0.6 is 0 Å². The fraction of sp³-hybridized carbons (Fsp3) is 0.538. The SMILES string of the molecule is Nc1ccc(F)c(F)c1NCCCOCC1CC1. The number of benzene rings is 1. The van der Waals surface area contributed by atoms with Crippen LogP contribution in [0.25, 0.3) is 0 Å². The summed E-state index contributed by atoms with van der Waals surface area (Å²) < 4.78 is 31.8. The third-order valence-corrected chi connectivity index (χ3v) is 2.94. The van der Waals surface area contributed by atoms with Crippen LogP contribution in [0.4, 0.5) is 20.2 Å². The van der Waals surface area contributed by atoms with Gasteiger partial charge in [-0.25, -0.2) is 8.78 Å². The monoisotopic (exact) mass is 256 g/mol. The summed E-state index contributed by atoms with van der Waals surface area (Å²) in [5, 5.41) is 2.81. The summed E-state index contributed by atoms with van der Waals surface area (Å²) >= 11 is 0. The predicted molar refractivity (Wildman–Crippen MR) is 67.4 cm³/mol. The molecule has 1 aliphatic rings. The number of nitrogens with one attached hydrogen (secondary N) is 1. The molecular weight excluding hydrogens is 238 g/mol. The largest absolute Gasteiger partial charge is 0.397 e. The van der Waals surface area contributed by atoms with Crippen LogP contribution in [0.1, 0.15) is 19.3 Å². The molecular formula is C13H18F2N2O. The average molecular weight is 256 g/mol. The van der Waals surface area contributed by atoms with Crippen molar-refractivity contribution in [2.75, 3.05) is 30.8 Å². The lowest BCUT2D eigenvalue weighted by Crippen LogP contribution is -2.10. The van der Waals surface area contributed by atoms with Crippen LogP contribution in [0.2, 0.25) is 0 Å². The summed E-state index contributed by atoms with van der Waals surface area (Å²) in [5.41, 5.74) is 5.83. The quantitative estimate of drug-likeness (QED) is 0.582. The van der Waals surface area contributed by atoms with Crippen LogP contribution < -0.4 is 11.1 Å². The Kier molecular flexibility index (Phi) is 4.36. The predicted octanol–water partition coefficient (Wildman–Crippen LogP) is 2.78. The van der Waals surface area contributed by atoms with E-state index in [1.807, 2.05) is 0 Å². The summed E-state index contributed by atoms with van der Waals surface area (Å²) in [6, 6.07) is 2.37. The highest BCUT2D eigenvalue weighted by molar-refractivity contribution is 5.66. The number of anilines is 2. The summed E-state index contributed by atoms with van der Waals surface area (Å²) in [5.74, 6) is -1.07. The molecule has 0 atom stereocenters. The van der Waals surface area contributed by atoms with Gasteiger partial charge in [-0.05, 0) is 37.3 Å². The Hall–Kier alpha value is -1.36. The van der Waals surface area contributed by atoms with E-state index in [2.05, 4.69) is 5.32 Å². The summed E-state index contributed by atoms with van der Waals surface area (Å²) in [4.78, 5) is 0.